The van der Waals surface area contributed by atoms with Gasteiger partial charge in [0.1, 0.15) is 0 Å². The SMILES string of the molecule is Cc1cc(C(=O)NC[C@H]2CC[C@H](CNC(=O)O)CC2)cc(-c2ccccc2)n1. The molecule has 1 aliphatic carbocycles. The molecule has 1 aromatic heterocycles. The predicted molar refractivity (Wildman–Crippen MR) is 108 cm³/mol. The molecule has 28 heavy (non-hydrogen) atoms. The Morgan fingerprint density at radius 3 is 2.21 bits per heavy atom. The van der Waals surface area contributed by atoms with Crippen molar-refractivity contribution in [3.05, 3.63) is 53.7 Å². The fraction of sp³-hybridized carbons (Fsp3) is 0.409. The van der Waals surface area contributed by atoms with Crippen LogP contribution in [0.25, 0.3) is 11.3 Å². The van der Waals surface area contributed by atoms with Gasteiger partial charge in [-0.25, -0.2) is 4.79 Å². The first-order valence-corrected chi connectivity index (χ1v) is 9.80. The molecule has 0 aliphatic heterocycles. The molecule has 0 radical (unpaired) electrons. The van der Waals surface area contributed by atoms with Gasteiger partial charge in [0, 0.05) is 29.9 Å². The van der Waals surface area contributed by atoms with Crippen LogP contribution >= 0.6 is 0 Å². The minimum Gasteiger partial charge on any atom is -0.465 e. The molecule has 148 valence electrons. The Bertz CT molecular complexity index is 815. The number of pyridine rings is 1. The molecular formula is C22H27N3O3. The topological polar surface area (TPSA) is 91.3 Å². The average Bonchev–Trinajstić information content (AvgIpc) is 2.71. The Hall–Kier alpha value is -2.89. The summed E-state index contributed by atoms with van der Waals surface area (Å²) in [6, 6.07) is 13.5. The molecule has 0 spiro atoms. The lowest BCUT2D eigenvalue weighted by atomic mass is 9.82. The van der Waals surface area contributed by atoms with E-state index >= 15 is 0 Å². The molecular weight excluding hydrogens is 354 g/mol. The highest BCUT2D eigenvalue weighted by Gasteiger charge is 2.22. The lowest BCUT2D eigenvalue weighted by molar-refractivity contribution is 0.0940. The maximum Gasteiger partial charge on any atom is 0.404 e. The fourth-order valence-electron chi connectivity index (χ4n) is 3.77. The van der Waals surface area contributed by atoms with E-state index in [4.69, 9.17) is 5.11 Å². The lowest BCUT2D eigenvalue weighted by Gasteiger charge is -2.28. The second-order valence-electron chi connectivity index (χ2n) is 7.53. The van der Waals surface area contributed by atoms with Crippen molar-refractivity contribution in [2.75, 3.05) is 13.1 Å². The minimum absolute atomic E-state index is 0.0719. The van der Waals surface area contributed by atoms with Crippen LogP contribution in [-0.2, 0) is 0 Å². The van der Waals surface area contributed by atoms with E-state index in [2.05, 4.69) is 15.6 Å². The molecule has 6 heteroatoms. The smallest absolute Gasteiger partial charge is 0.404 e. The highest BCUT2D eigenvalue weighted by Crippen LogP contribution is 2.28. The van der Waals surface area contributed by atoms with E-state index in [1.807, 2.05) is 49.4 Å². The number of aryl methyl sites for hydroxylation is 1. The van der Waals surface area contributed by atoms with Crippen molar-refractivity contribution < 1.29 is 14.7 Å². The second kappa shape index (κ2) is 9.35. The molecule has 3 N–H and O–H groups in total. The van der Waals surface area contributed by atoms with Gasteiger partial charge < -0.3 is 15.7 Å². The van der Waals surface area contributed by atoms with E-state index in [-0.39, 0.29) is 5.91 Å². The number of rotatable bonds is 6. The van der Waals surface area contributed by atoms with Gasteiger partial charge in [0.05, 0.1) is 5.69 Å². The monoisotopic (exact) mass is 381 g/mol. The summed E-state index contributed by atoms with van der Waals surface area (Å²) in [6.07, 6.45) is 3.05. The third-order valence-corrected chi connectivity index (χ3v) is 5.34. The van der Waals surface area contributed by atoms with Crippen molar-refractivity contribution in [1.29, 1.82) is 0 Å². The summed E-state index contributed by atoms with van der Waals surface area (Å²) in [5.74, 6) is 0.776. The number of hydrogen-bond donors (Lipinski definition) is 3. The van der Waals surface area contributed by atoms with E-state index in [9.17, 15) is 9.59 Å². The van der Waals surface area contributed by atoms with Crippen molar-refractivity contribution >= 4 is 12.0 Å². The zero-order valence-electron chi connectivity index (χ0n) is 16.1. The van der Waals surface area contributed by atoms with E-state index in [1.54, 1.807) is 0 Å². The number of carbonyl (C=O) groups is 2. The van der Waals surface area contributed by atoms with Gasteiger partial charge in [-0.1, -0.05) is 30.3 Å². The highest BCUT2D eigenvalue weighted by atomic mass is 16.4. The Labute approximate surface area is 165 Å². The van der Waals surface area contributed by atoms with E-state index < -0.39 is 6.09 Å². The fourth-order valence-corrected chi connectivity index (χ4v) is 3.77. The molecule has 0 saturated heterocycles. The minimum atomic E-state index is -0.961. The summed E-state index contributed by atoms with van der Waals surface area (Å²) in [6.45, 7) is 3.07. The number of nitrogens with zero attached hydrogens (tertiary/aromatic N) is 1. The van der Waals surface area contributed by atoms with Gasteiger partial charge in [-0.15, -0.1) is 0 Å². The Balaban J connectivity index is 1.53. The van der Waals surface area contributed by atoms with Crippen LogP contribution in [0.4, 0.5) is 4.79 Å². The van der Waals surface area contributed by atoms with Crippen LogP contribution in [0.1, 0.15) is 41.7 Å². The quantitative estimate of drug-likeness (QED) is 0.708. The van der Waals surface area contributed by atoms with Crippen LogP contribution < -0.4 is 10.6 Å². The molecule has 2 amide bonds. The number of benzene rings is 1. The van der Waals surface area contributed by atoms with Crippen LogP contribution in [-0.4, -0.2) is 35.2 Å². The number of aromatic nitrogens is 1. The summed E-state index contributed by atoms with van der Waals surface area (Å²) in [5.41, 5.74) is 3.24. The highest BCUT2D eigenvalue weighted by molar-refractivity contribution is 5.95. The first kappa shape index (κ1) is 19.9. The zero-order valence-corrected chi connectivity index (χ0v) is 16.1. The Morgan fingerprint density at radius 1 is 1.00 bits per heavy atom. The van der Waals surface area contributed by atoms with Crippen molar-refractivity contribution in [3.8, 4) is 11.3 Å². The lowest BCUT2D eigenvalue weighted by Crippen LogP contribution is -2.34. The molecule has 6 nitrogen and oxygen atoms in total. The molecule has 0 atom stereocenters. The molecule has 0 unspecified atom stereocenters. The van der Waals surface area contributed by atoms with Gasteiger partial charge in [-0.2, -0.15) is 0 Å². The standard InChI is InChI=1S/C22H27N3O3/c1-15-11-19(12-20(25-15)18-5-3-2-4-6-18)21(26)23-13-16-7-9-17(10-8-16)14-24-22(27)28/h2-6,11-12,16-17,24H,7-10,13-14H2,1H3,(H,23,26)(H,27,28)/t16-,17-. The van der Waals surface area contributed by atoms with Crippen LogP contribution in [0.5, 0.6) is 0 Å². The number of amides is 2. The maximum absolute atomic E-state index is 12.7. The first-order valence-electron chi connectivity index (χ1n) is 9.80. The van der Waals surface area contributed by atoms with Crippen LogP contribution in [0.2, 0.25) is 0 Å². The molecule has 1 fully saturated rings. The van der Waals surface area contributed by atoms with Crippen molar-refractivity contribution in [3.63, 3.8) is 0 Å². The van der Waals surface area contributed by atoms with Crippen LogP contribution in [0.3, 0.4) is 0 Å². The number of hydrogen-bond acceptors (Lipinski definition) is 3. The summed E-state index contributed by atoms with van der Waals surface area (Å²) >= 11 is 0. The Kier molecular flexibility index (Phi) is 6.63. The molecule has 2 aromatic rings. The van der Waals surface area contributed by atoms with E-state index in [0.29, 0.717) is 30.5 Å². The largest absolute Gasteiger partial charge is 0.465 e. The molecule has 0 bridgehead atoms. The summed E-state index contributed by atoms with van der Waals surface area (Å²) in [5, 5.41) is 14.2. The summed E-state index contributed by atoms with van der Waals surface area (Å²) in [7, 11) is 0. The maximum atomic E-state index is 12.7. The van der Waals surface area contributed by atoms with Crippen LogP contribution in [0, 0.1) is 18.8 Å². The molecule has 1 saturated carbocycles. The molecule has 1 aromatic carbocycles. The van der Waals surface area contributed by atoms with E-state index in [1.165, 1.54) is 0 Å². The van der Waals surface area contributed by atoms with Crippen molar-refractivity contribution in [2.24, 2.45) is 11.8 Å². The third-order valence-electron chi connectivity index (χ3n) is 5.34. The normalized spacial score (nSPS) is 19.0. The summed E-state index contributed by atoms with van der Waals surface area (Å²) < 4.78 is 0. The summed E-state index contributed by atoms with van der Waals surface area (Å²) in [4.78, 5) is 27.8. The molecule has 1 aliphatic rings. The van der Waals surface area contributed by atoms with Gasteiger partial charge in [0.25, 0.3) is 5.91 Å². The van der Waals surface area contributed by atoms with Crippen molar-refractivity contribution in [2.45, 2.75) is 32.6 Å². The zero-order chi connectivity index (χ0) is 19.9. The number of nitrogens with one attached hydrogen (secondary N) is 2. The number of carbonyl (C=O) groups excluding carboxylic acids is 1. The average molecular weight is 381 g/mol. The van der Waals surface area contributed by atoms with Gasteiger partial charge in [-0.3, -0.25) is 9.78 Å². The molecule has 3 rings (SSSR count). The number of carboxylic acid groups (broad SMARTS) is 1. The first-order chi connectivity index (χ1) is 13.5. The predicted octanol–water partition coefficient (Wildman–Crippen LogP) is 3.86. The molecule has 1 heterocycles. The van der Waals surface area contributed by atoms with Gasteiger partial charge in [0.2, 0.25) is 0 Å². The van der Waals surface area contributed by atoms with Crippen LogP contribution in [0.15, 0.2) is 42.5 Å². The van der Waals surface area contributed by atoms with E-state index in [0.717, 1.165) is 42.6 Å². The second-order valence-corrected chi connectivity index (χ2v) is 7.53. The van der Waals surface area contributed by atoms with Gasteiger partial charge in [-0.05, 0) is 56.6 Å². The van der Waals surface area contributed by atoms with Gasteiger partial charge in [0.15, 0.2) is 0 Å². The third kappa shape index (κ3) is 5.55. The van der Waals surface area contributed by atoms with Gasteiger partial charge >= 0.3 is 6.09 Å². The van der Waals surface area contributed by atoms with Crippen molar-refractivity contribution in [1.82, 2.24) is 15.6 Å². The Morgan fingerprint density at radius 2 is 1.61 bits per heavy atom.